The molecule has 0 aromatic carbocycles. The van der Waals surface area contributed by atoms with Gasteiger partial charge < -0.3 is 9.84 Å². The monoisotopic (exact) mass is 416 g/mol. The summed E-state index contributed by atoms with van der Waals surface area (Å²) in [4.78, 5) is 34.9. The second-order valence-corrected chi connectivity index (χ2v) is 10.8. The fourth-order valence-electron chi connectivity index (χ4n) is 7.89. The average molecular weight is 417 g/mol. The number of esters is 1. The first-order chi connectivity index (χ1) is 14.1. The van der Waals surface area contributed by atoms with Gasteiger partial charge in [-0.1, -0.05) is 19.9 Å². The number of carboxylic acids is 1. The maximum absolute atomic E-state index is 12.2. The molecule has 1 N–H and O–H groups in total. The van der Waals surface area contributed by atoms with Crippen LogP contribution in [-0.2, 0) is 19.1 Å². The van der Waals surface area contributed by atoms with Gasteiger partial charge in [0.15, 0.2) is 5.78 Å². The van der Waals surface area contributed by atoms with Crippen molar-refractivity contribution < 1.29 is 24.2 Å². The van der Waals surface area contributed by atoms with E-state index in [-0.39, 0.29) is 41.5 Å². The van der Waals surface area contributed by atoms with Crippen LogP contribution in [0, 0.1) is 34.5 Å². The normalized spacial score (nSPS) is 42.4. The summed E-state index contributed by atoms with van der Waals surface area (Å²) in [6, 6.07) is 0. The van der Waals surface area contributed by atoms with Crippen LogP contribution in [-0.4, -0.2) is 28.9 Å². The standard InChI is InChI=1S/C25H36O5/c1-15(26)19-6-7-20-18-5-4-16-14-17(30-23(29)9-8-22(27)28)10-12-24(16,2)21(18)11-13-25(19,20)3/h6,16-18,20-21H,4-5,7-14H2,1-3H3,(H,27,28)/t16-,17?,18?,20?,21?,24-,25+/m0/s1. The van der Waals surface area contributed by atoms with Gasteiger partial charge in [0.1, 0.15) is 6.10 Å². The van der Waals surface area contributed by atoms with Crippen molar-refractivity contribution in [2.75, 3.05) is 0 Å². The molecule has 30 heavy (non-hydrogen) atoms. The Morgan fingerprint density at radius 2 is 1.83 bits per heavy atom. The van der Waals surface area contributed by atoms with Crippen molar-refractivity contribution >= 4 is 17.7 Å². The lowest BCUT2D eigenvalue weighted by Crippen LogP contribution is -2.54. The van der Waals surface area contributed by atoms with Crippen molar-refractivity contribution in [1.82, 2.24) is 0 Å². The summed E-state index contributed by atoms with van der Waals surface area (Å²) < 4.78 is 5.65. The van der Waals surface area contributed by atoms with Gasteiger partial charge in [-0.05, 0) is 98.4 Å². The van der Waals surface area contributed by atoms with Crippen LogP contribution in [0.15, 0.2) is 11.6 Å². The van der Waals surface area contributed by atoms with E-state index in [9.17, 15) is 14.4 Å². The number of rotatable bonds is 5. The first-order valence-corrected chi connectivity index (χ1v) is 11.8. The predicted molar refractivity (Wildman–Crippen MR) is 113 cm³/mol. The molecule has 3 fully saturated rings. The van der Waals surface area contributed by atoms with Gasteiger partial charge in [0.25, 0.3) is 0 Å². The molecule has 4 unspecified atom stereocenters. The van der Waals surface area contributed by atoms with Gasteiger partial charge in [0.2, 0.25) is 0 Å². The van der Waals surface area contributed by atoms with Crippen LogP contribution in [0.4, 0.5) is 0 Å². The summed E-state index contributed by atoms with van der Waals surface area (Å²) in [5.74, 6) is 1.46. The third-order valence-electron chi connectivity index (χ3n) is 9.42. The van der Waals surface area contributed by atoms with Crippen molar-refractivity contribution in [1.29, 1.82) is 0 Å². The molecule has 0 aromatic rings. The highest BCUT2D eigenvalue weighted by atomic mass is 16.5. The Morgan fingerprint density at radius 1 is 1.07 bits per heavy atom. The number of carbonyl (C=O) groups excluding carboxylic acids is 2. The Bertz CT molecular complexity index is 770. The second-order valence-electron chi connectivity index (χ2n) is 10.8. The van der Waals surface area contributed by atoms with Gasteiger partial charge >= 0.3 is 11.9 Å². The number of fused-ring (bicyclic) bond motifs is 5. The van der Waals surface area contributed by atoms with Crippen molar-refractivity contribution in [2.45, 2.75) is 91.1 Å². The molecule has 4 aliphatic rings. The first kappa shape index (κ1) is 21.6. The van der Waals surface area contributed by atoms with Crippen molar-refractivity contribution in [3.8, 4) is 0 Å². The molecule has 0 heterocycles. The minimum Gasteiger partial charge on any atom is -0.481 e. The highest BCUT2D eigenvalue weighted by molar-refractivity contribution is 5.95. The summed E-state index contributed by atoms with van der Waals surface area (Å²) in [5.41, 5.74) is 1.43. The predicted octanol–water partition coefficient (Wildman–Crippen LogP) is 4.93. The van der Waals surface area contributed by atoms with E-state index in [1.54, 1.807) is 6.92 Å². The van der Waals surface area contributed by atoms with E-state index < -0.39 is 5.97 Å². The zero-order valence-corrected chi connectivity index (χ0v) is 18.6. The Balaban J connectivity index is 1.42. The minimum absolute atomic E-state index is 0.0375. The maximum atomic E-state index is 12.2. The molecule has 4 rings (SSSR count). The van der Waals surface area contributed by atoms with Crippen LogP contribution in [0.2, 0.25) is 0 Å². The number of hydrogen-bond acceptors (Lipinski definition) is 4. The maximum Gasteiger partial charge on any atom is 0.306 e. The number of carboxylic acid groups (broad SMARTS) is 1. The Kier molecular flexibility index (Phi) is 5.61. The zero-order valence-electron chi connectivity index (χ0n) is 18.6. The lowest BCUT2D eigenvalue weighted by atomic mass is 9.44. The Morgan fingerprint density at radius 3 is 2.53 bits per heavy atom. The van der Waals surface area contributed by atoms with E-state index in [2.05, 4.69) is 19.9 Å². The first-order valence-electron chi connectivity index (χ1n) is 11.8. The van der Waals surface area contributed by atoms with Gasteiger partial charge in [0, 0.05) is 0 Å². The summed E-state index contributed by atoms with van der Waals surface area (Å²) in [5, 5.41) is 8.77. The topological polar surface area (TPSA) is 80.7 Å². The molecule has 0 aromatic heterocycles. The number of carbonyl (C=O) groups is 3. The molecule has 7 atom stereocenters. The summed E-state index contributed by atoms with van der Waals surface area (Å²) in [6.45, 7) is 6.52. The Labute approximate surface area is 179 Å². The zero-order chi connectivity index (χ0) is 21.7. The van der Waals surface area contributed by atoms with E-state index in [1.807, 2.05) is 0 Å². The number of ketones is 1. The molecular formula is C25H36O5. The quantitative estimate of drug-likeness (QED) is 0.643. The van der Waals surface area contributed by atoms with Crippen LogP contribution in [0.3, 0.4) is 0 Å². The molecule has 4 aliphatic carbocycles. The molecule has 0 aliphatic heterocycles. The highest BCUT2D eigenvalue weighted by Crippen LogP contribution is 2.66. The van der Waals surface area contributed by atoms with Crippen LogP contribution in [0.1, 0.15) is 85.0 Å². The molecule has 3 saturated carbocycles. The van der Waals surface area contributed by atoms with Crippen molar-refractivity contribution in [3.63, 3.8) is 0 Å². The molecule has 0 spiro atoms. The third-order valence-corrected chi connectivity index (χ3v) is 9.42. The number of ether oxygens (including phenoxy) is 1. The second kappa shape index (κ2) is 7.80. The molecular weight excluding hydrogens is 380 g/mol. The number of Topliss-reactive ketones (excluding diaryl/α,β-unsaturated/α-hetero) is 1. The molecule has 166 valence electrons. The fraction of sp³-hybridized carbons (Fsp3) is 0.800. The number of allylic oxidation sites excluding steroid dienone is 2. The molecule has 0 bridgehead atoms. The van der Waals surface area contributed by atoms with Crippen molar-refractivity contribution in [3.05, 3.63) is 11.6 Å². The van der Waals surface area contributed by atoms with Gasteiger partial charge in [-0.2, -0.15) is 0 Å². The van der Waals surface area contributed by atoms with Crippen molar-refractivity contribution in [2.24, 2.45) is 34.5 Å². The van der Waals surface area contributed by atoms with E-state index >= 15 is 0 Å². The lowest BCUT2D eigenvalue weighted by molar-refractivity contribution is -0.162. The molecule has 0 saturated heterocycles. The molecule has 0 amide bonds. The van der Waals surface area contributed by atoms with E-state index in [0.29, 0.717) is 23.7 Å². The van der Waals surface area contributed by atoms with Gasteiger partial charge in [-0.15, -0.1) is 0 Å². The van der Waals surface area contributed by atoms with E-state index in [4.69, 9.17) is 9.84 Å². The Hall–Kier alpha value is -1.65. The smallest absolute Gasteiger partial charge is 0.306 e. The largest absolute Gasteiger partial charge is 0.481 e. The van der Waals surface area contributed by atoms with Crippen LogP contribution in [0.25, 0.3) is 0 Å². The summed E-state index contributed by atoms with van der Waals surface area (Å²) in [7, 11) is 0. The fourth-order valence-corrected chi connectivity index (χ4v) is 7.89. The minimum atomic E-state index is -0.958. The molecule has 0 radical (unpaired) electrons. The summed E-state index contributed by atoms with van der Waals surface area (Å²) in [6.07, 6.45) is 10.6. The third kappa shape index (κ3) is 3.52. The molecule has 5 heteroatoms. The lowest BCUT2D eigenvalue weighted by Gasteiger charge is -2.60. The average Bonchev–Trinajstić information content (AvgIpc) is 3.04. The van der Waals surface area contributed by atoms with E-state index in [0.717, 1.165) is 37.7 Å². The molecule has 5 nitrogen and oxygen atoms in total. The number of aliphatic carboxylic acids is 1. The van der Waals surface area contributed by atoms with Crippen LogP contribution in [0.5, 0.6) is 0 Å². The number of hydrogen-bond donors (Lipinski definition) is 1. The van der Waals surface area contributed by atoms with Gasteiger partial charge in [-0.25, -0.2) is 0 Å². The summed E-state index contributed by atoms with van der Waals surface area (Å²) >= 11 is 0. The van der Waals surface area contributed by atoms with Gasteiger partial charge in [-0.3, -0.25) is 14.4 Å². The van der Waals surface area contributed by atoms with Gasteiger partial charge in [0.05, 0.1) is 12.8 Å². The van der Waals surface area contributed by atoms with Crippen LogP contribution >= 0.6 is 0 Å². The highest BCUT2D eigenvalue weighted by Gasteiger charge is 2.59. The van der Waals surface area contributed by atoms with E-state index in [1.165, 1.54) is 19.3 Å². The van der Waals surface area contributed by atoms with Crippen LogP contribution < -0.4 is 0 Å². The SMILES string of the molecule is CC(=O)C1=CCC2C3CC[C@H]4CC(OC(=O)CCC(=O)O)CC[C@]4(C)C3CC[C@]12C.